The summed E-state index contributed by atoms with van der Waals surface area (Å²) in [7, 11) is 3.99. The number of imidazole rings is 1. The lowest BCUT2D eigenvalue weighted by Crippen LogP contribution is -2.27. The lowest BCUT2D eigenvalue weighted by Gasteiger charge is -2.21. The quantitative estimate of drug-likeness (QED) is 0.570. The zero-order valence-electron chi connectivity index (χ0n) is 7.91. The van der Waals surface area contributed by atoms with Crippen molar-refractivity contribution in [3.8, 4) is 6.07 Å². The Morgan fingerprint density at radius 2 is 2.23 bits per heavy atom. The van der Waals surface area contributed by atoms with Crippen LogP contribution in [-0.2, 0) is 20.0 Å². The Hall–Kier alpha value is -1.34. The van der Waals surface area contributed by atoms with Crippen LogP contribution in [0.15, 0.2) is 0 Å². The smallest absolute Gasteiger partial charge is 0.212 e. The highest BCUT2D eigenvalue weighted by Crippen LogP contribution is 2.17. The third-order valence-electron chi connectivity index (χ3n) is 2.55. The van der Waals surface area contributed by atoms with Gasteiger partial charge in [0.05, 0.1) is 5.69 Å². The fraction of sp³-hybridized carbons (Fsp3) is 0.556. The molecule has 0 aromatic carbocycles. The molecule has 0 unspecified atom stereocenters. The van der Waals surface area contributed by atoms with E-state index in [1.807, 2.05) is 11.6 Å². The summed E-state index contributed by atoms with van der Waals surface area (Å²) in [5.41, 5.74) is 2.28. The first-order valence-corrected chi connectivity index (χ1v) is 4.35. The summed E-state index contributed by atoms with van der Waals surface area (Å²) < 4.78 is 1.91. The van der Waals surface area contributed by atoms with Crippen molar-refractivity contribution in [3.63, 3.8) is 0 Å². The number of hydrogen-bond donors (Lipinski definition) is 0. The molecule has 4 nitrogen and oxygen atoms in total. The molecule has 1 aliphatic heterocycles. The topological polar surface area (TPSA) is 44.9 Å². The number of aromatic nitrogens is 2. The highest BCUT2D eigenvalue weighted by Gasteiger charge is 2.19. The van der Waals surface area contributed by atoms with Gasteiger partial charge in [-0.05, 0) is 7.05 Å². The third kappa shape index (κ3) is 1.21. The molecule has 0 bridgehead atoms. The van der Waals surface area contributed by atoms with Crippen molar-refractivity contribution in [2.75, 3.05) is 13.6 Å². The SMILES string of the molecule is CN1CCc2c(nc(C#N)n2C)C1. The monoisotopic (exact) mass is 176 g/mol. The third-order valence-corrected chi connectivity index (χ3v) is 2.55. The van der Waals surface area contributed by atoms with Crippen molar-refractivity contribution in [2.24, 2.45) is 7.05 Å². The molecule has 0 fully saturated rings. The summed E-state index contributed by atoms with van der Waals surface area (Å²) in [6, 6.07) is 2.10. The summed E-state index contributed by atoms with van der Waals surface area (Å²) >= 11 is 0. The van der Waals surface area contributed by atoms with Gasteiger partial charge in [0.1, 0.15) is 6.07 Å². The first kappa shape index (κ1) is 8.27. The van der Waals surface area contributed by atoms with Crippen LogP contribution in [0.1, 0.15) is 17.2 Å². The van der Waals surface area contributed by atoms with Crippen molar-refractivity contribution in [1.82, 2.24) is 14.5 Å². The molecule has 0 aliphatic carbocycles. The summed E-state index contributed by atoms with van der Waals surface area (Å²) in [5.74, 6) is 0.528. The maximum Gasteiger partial charge on any atom is 0.212 e. The summed E-state index contributed by atoms with van der Waals surface area (Å²) in [4.78, 5) is 6.50. The summed E-state index contributed by atoms with van der Waals surface area (Å²) in [5, 5.41) is 8.79. The van der Waals surface area contributed by atoms with Crippen molar-refractivity contribution in [3.05, 3.63) is 17.2 Å². The van der Waals surface area contributed by atoms with Crippen molar-refractivity contribution in [2.45, 2.75) is 13.0 Å². The molecule has 1 aromatic rings. The van der Waals surface area contributed by atoms with Crippen molar-refractivity contribution >= 4 is 0 Å². The molecule has 0 saturated carbocycles. The minimum atomic E-state index is 0.528. The van der Waals surface area contributed by atoms with E-state index in [4.69, 9.17) is 5.26 Å². The molecule has 0 N–H and O–H groups in total. The number of nitrogens with zero attached hydrogens (tertiary/aromatic N) is 4. The standard InChI is InChI=1S/C9H12N4/c1-12-4-3-8-7(6-12)11-9(5-10)13(8)2/h3-4,6H2,1-2H3. The number of nitriles is 1. The van der Waals surface area contributed by atoms with Gasteiger partial charge in [0.2, 0.25) is 5.82 Å². The number of likely N-dealkylation sites (N-methyl/N-ethyl adjacent to an activating group) is 1. The first-order chi connectivity index (χ1) is 6.22. The van der Waals surface area contributed by atoms with Crippen molar-refractivity contribution in [1.29, 1.82) is 5.26 Å². The number of hydrogen-bond acceptors (Lipinski definition) is 3. The van der Waals surface area contributed by atoms with Gasteiger partial charge in [-0.15, -0.1) is 0 Å². The minimum absolute atomic E-state index is 0.528. The maximum atomic E-state index is 8.79. The molecule has 1 aromatic heterocycles. The lowest BCUT2D eigenvalue weighted by atomic mass is 10.1. The predicted molar refractivity (Wildman–Crippen MR) is 48.0 cm³/mol. The van der Waals surface area contributed by atoms with Crippen LogP contribution >= 0.6 is 0 Å². The highest BCUT2D eigenvalue weighted by molar-refractivity contribution is 5.25. The molecule has 0 amide bonds. The second kappa shape index (κ2) is 2.86. The van der Waals surface area contributed by atoms with E-state index in [9.17, 15) is 0 Å². The second-order valence-electron chi connectivity index (χ2n) is 3.49. The molecule has 1 aliphatic rings. The largest absolute Gasteiger partial charge is 0.322 e. The van der Waals surface area contributed by atoms with Crippen LogP contribution in [0.3, 0.4) is 0 Å². The zero-order valence-corrected chi connectivity index (χ0v) is 7.91. The molecule has 0 saturated heterocycles. The minimum Gasteiger partial charge on any atom is -0.322 e. The van der Waals surface area contributed by atoms with Gasteiger partial charge in [0, 0.05) is 32.3 Å². The molecule has 68 valence electrons. The fourth-order valence-electron chi connectivity index (χ4n) is 1.76. The van der Waals surface area contributed by atoms with E-state index >= 15 is 0 Å². The van der Waals surface area contributed by atoms with E-state index in [-0.39, 0.29) is 0 Å². The first-order valence-electron chi connectivity index (χ1n) is 4.35. The molecular weight excluding hydrogens is 164 g/mol. The van der Waals surface area contributed by atoms with Crippen molar-refractivity contribution < 1.29 is 0 Å². The normalized spacial score (nSPS) is 16.7. The zero-order chi connectivity index (χ0) is 9.42. The Labute approximate surface area is 77.4 Å². The average Bonchev–Trinajstić information content (AvgIpc) is 2.42. The van der Waals surface area contributed by atoms with Crippen LogP contribution in [-0.4, -0.2) is 28.0 Å². The van der Waals surface area contributed by atoms with E-state index in [0.717, 1.165) is 25.2 Å². The number of fused-ring (bicyclic) bond motifs is 1. The molecular formula is C9H12N4. The molecule has 2 heterocycles. The van der Waals surface area contributed by atoms with Gasteiger partial charge in [0.15, 0.2) is 0 Å². The van der Waals surface area contributed by atoms with Crippen LogP contribution in [0.5, 0.6) is 0 Å². The van der Waals surface area contributed by atoms with Gasteiger partial charge in [-0.1, -0.05) is 0 Å². The lowest BCUT2D eigenvalue weighted by molar-refractivity contribution is 0.305. The van der Waals surface area contributed by atoms with E-state index in [0.29, 0.717) is 5.82 Å². The predicted octanol–water partition coefficient (Wildman–Crippen LogP) is 0.280. The summed E-state index contributed by atoms with van der Waals surface area (Å²) in [6.45, 7) is 1.92. The molecule has 2 rings (SSSR count). The Kier molecular flexibility index (Phi) is 1.82. The summed E-state index contributed by atoms with van der Waals surface area (Å²) in [6.07, 6.45) is 0.997. The Balaban J connectivity index is 2.46. The van der Waals surface area contributed by atoms with Crippen LogP contribution in [0.25, 0.3) is 0 Å². The fourth-order valence-corrected chi connectivity index (χ4v) is 1.76. The maximum absolute atomic E-state index is 8.79. The van der Waals surface area contributed by atoms with Crippen LogP contribution < -0.4 is 0 Å². The van der Waals surface area contributed by atoms with E-state index in [1.54, 1.807) is 0 Å². The Morgan fingerprint density at radius 1 is 1.46 bits per heavy atom. The van der Waals surface area contributed by atoms with E-state index in [2.05, 4.69) is 23.0 Å². The Bertz CT molecular complexity index is 372. The van der Waals surface area contributed by atoms with Gasteiger partial charge >= 0.3 is 0 Å². The van der Waals surface area contributed by atoms with Crippen LogP contribution in [0.2, 0.25) is 0 Å². The molecule has 0 spiro atoms. The molecule has 13 heavy (non-hydrogen) atoms. The second-order valence-corrected chi connectivity index (χ2v) is 3.49. The van der Waals surface area contributed by atoms with E-state index < -0.39 is 0 Å². The molecule has 0 radical (unpaired) electrons. The van der Waals surface area contributed by atoms with Crippen LogP contribution in [0, 0.1) is 11.3 Å². The highest BCUT2D eigenvalue weighted by atomic mass is 15.2. The number of rotatable bonds is 0. The average molecular weight is 176 g/mol. The molecule has 0 atom stereocenters. The Morgan fingerprint density at radius 3 is 2.92 bits per heavy atom. The van der Waals surface area contributed by atoms with Gasteiger partial charge in [0.25, 0.3) is 0 Å². The van der Waals surface area contributed by atoms with Gasteiger partial charge in [-0.25, -0.2) is 4.98 Å². The van der Waals surface area contributed by atoms with Gasteiger partial charge in [-0.2, -0.15) is 5.26 Å². The molecule has 4 heteroatoms. The van der Waals surface area contributed by atoms with Crippen LogP contribution in [0.4, 0.5) is 0 Å². The van der Waals surface area contributed by atoms with Gasteiger partial charge < -0.3 is 9.47 Å². The van der Waals surface area contributed by atoms with Gasteiger partial charge in [-0.3, -0.25) is 0 Å². The van der Waals surface area contributed by atoms with E-state index in [1.165, 1.54) is 5.69 Å².